The van der Waals surface area contributed by atoms with Crippen LogP contribution in [0, 0.1) is 0 Å². The lowest BCUT2D eigenvalue weighted by molar-refractivity contribution is 0.854. The summed E-state index contributed by atoms with van der Waals surface area (Å²) in [5, 5.41) is 6.14. The number of nitrogens with zero attached hydrogens (tertiary/aromatic N) is 1. The molecule has 2 heteroatoms. The molecule has 6 rings (SSSR count). The largest absolute Gasteiger partial charge is 0.355 e. The van der Waals surface area contributed by atoms with Crippen LogP contribution in [-0.2, 0) is 0 Å². The molecule has 32 heavy (non-hydrogen) atoms. The fraction of sp³-hybridized carbons (Fsp3) is 0.0667. The maximum atomic E-state index is 3.60. The van der Waals surface area contributed by atoms with E-state index in [0.29, 0.717) is 5.92 Å². The molecular formula is C30H24N2. The molecule has 0 aliphatic heterocycles. The van der Waals surface area contributed by atoms with Crippen molar-refractivity contribution in [1.29, 1.82) is 0 Å². The van der Waals surface area contributed by atoms with Gasteiger partial charge < -0.3 is 9.88 Å². The number of para-hydroxylation sites is 2. The number of allylic oxidation sites excluding steroid dienone is 4. The second-order valence-electron chi connectivity index (χ2n) is 8.32. The van der Waals surface area contributed by atoms with E-state index in [2.05, 4.69) is 131 Å². The van der Waals surface area contributed by atoms with Gasteiger partial charge in [-0.25, -0.2) is 0 Å². The molecule has 0 amide bonds. The molecule has 1 unspecified atom stereocenters. The molecule has 0 radical (unpaired) electrons. The molecule has 0 fully saturated rings. The summed E-state index contributed by atoms with van der Waals surface area (Å²) in [7, 11) is 0. The average molecular weight is 413 g/mol. The molecule has 0 bridgehead atoms. The SMILES string of the molecule is C1=CCC(c2ccc(Nc3ccc4c5ccccc5n(-c5ccccc5)c4c3)cc2)C=C1. The third-order valence-electron chi connectivity index (χ3n) is 6.30. The highest BCUT2D eigenvalue weighted by atomic mass is 15.0. The predicted molar refractivity (Wildman–Crippen MR) is 136 cm³/mol. The van der Waals surface area contributed by atoms with Crippen LogP contribution in [0.4, 0.5) is 11.4 Å². The molecule has 1 N–H and O–H groups in total. The lowest BCUT2D eigenvalue weighted by Crippen LogP contribution is -1.97. The van der Waals surface area contributed by atoms with Gasteiger partial charge in [0.15, 0.2) is 0 Å². The van der Waals surface area contributed by atoms with Gasteiger partial charge >= 0.3 is 0 Å². The fourth-order valence-electron chi connectivity index (χ4n) is 4.71. The zero-order valence-corrected chi connectivity index (χ0v) is 17.8. The van der Waals surface area contributed by atoms with Crippen LogP contribution in [0.5, 0.6) is 0 Å². The van der Waals surface area contributed by atoms with Crippen molar-refractivity contribution in [2.24, 2.45) is 0 Å². The maximum Gasteiger partial charge on any atom is 0.0561 e. The van der Waals surface area contributed by atoms with Gasteiger partial charge in [-0.2, -0.15) is 0 Å². The first-order chi connectivity index (χ1) is 15.9. The Bertz CT molecular complexity index is 1450. The molecule has 5 aromatic rings. The summed E-state index contributed by atoms with van der Waals surface area (Å²) >= 11 is 0. The Morgan fingerprint density at radius 2 is 1.41 bits per heavy atom. The van der Waals surface area contributed by atoms with Crippen LogP contribution in [-0.4, -0.2) is 4.57 Å². The average Bonchev–Trinajstić information content (AvgIpc) is 3.19. The molecular weight excluding hydrogens is 388 g/mol. The van der Waals surface area contributed by atoms with Crippen LogP contribution in [0.15, 0.2) is 121 Å². The van der Waals surface area contributed by atoms with E-state index in [4.69, 9.17) is 0 Å². The molecule has 1 aromatic heterocycles. The minimum atomic E-state index is 0.479. The maximum absolute atomic E-state index is 3.60. The summed E-state index contributed by atoms with van der Waals surface area (Å²) in [6.45, 7) is 0. The van der Waals surface area contributed by atoms with E-state index < -0.39 is 0 Å². The number of rotatable bonds is 4. The van der Waals surface area contributed by atoms with Crippen LogP contribution in [0.25, 0.3) is 27.5 Å². The molecule has 154 valence electrons. The summed E-state index contributed by atoms with van der Waals surface area (Å²) in [6.07, 6.45) is 9.85. The number of nitrogens with one attached hydrogen (secondary N) is 1. The van der Waals surface area contributed by atoms with Gasteiger partial charge in [-0.15, -0.1) is 0 Å². The van der Waals surface area contributed by atoms with E-state index in [9.17, 15) is 0 Å². The summed E-state index contributed by atoms with van der Waals surface area (Å²) in [5.74, 6) is 0.479. The van der Waals surface area contributed by atoms with Crippen molar-refractivity contribution in [2.75, 3.05) is 5.32 Å². The van der Waals surface area contributed by atoms with E-state index in [1.165, 1.54) is 33.1 Å². The van der Waals surface area contributed by atoms with E-state index in [-0.39, 0.29) is 0 Å². The lowest BCUT2D eigenvalue weighted by atomic mass is 9.92. The number of anilines is 2. The van der Waals surface area contributed by atoms with Gasteiger partial charge in [0.2, 0.25) is 0 Å². The number of aromatic nitrogens is 1. The minimum Gasteiger partial charge on any atom is -0.355 e. The van der Waals surface area contributed by atoms with Crippen LogP contribution in [0.1, 0.15) is 17.9 Å². The van der Waals surface area contributed by atoms with Crippen LogP contribution in [0.2, 0.25) is 0 Å². The van der Waals surface area contributed by atoms with Gasteiger partial charge in [0.1, 0.15) is 0 Å². The van der Waals surface area contributed by atoms with Crippen molar-refractivity contribution in [3.8, 4) is 5.69 Å². The van der Waals surface area contributed by atoms with Crippen molar-refractivity contribution in [3.63, 3.8) is 0 Å². The van der Waals surface area contributed by atoms with Crippen molar-refractivity contribution in [2.45, 2.75) is 12.3 Å². The fourth-order valence-corrected chi connectivity index (χ4v) is 4.71. The van der Waals surface area contributed by atoms with Gasteiger partial charge in [0.05, 0.1) is 11.0 Å². The minimum absolute atomic E-state index is 0.479. The highest BCUT2D eigenvalue weighted by Gasteiger charge is 2.13. The molecule has 0 saturated heterocycles. The molecule has 0 saturated carbocycles. The van der Waals surface area contributed by atoms with E-state index >= 15 is 0 Å². The molecule has 1 aliphatic carbocycles. The Hall–Kier alpha value is -4.04. The van der Waals surface area contributed by atoms with Gasteiger partial charge in [-0.05, 0) is 54.4 Å². The second kappa shape index (κ2) is 7.90. The molecule has 1 aliphatic rings. The summed E-state index contributed by atoms with van der Waals surface area (Å²) in [6, 6.07) is 34.7. The first-order valence-electron chi connectivity index (χ1n) is 11.2. The topological polar surface area (TPSA) is 17.0 Å². The molecule has 0 spiro atoms. The van der Waals surface area contributed by atoms with E-state index in [1.54, 1.807) is 0 Å². The number of benzene rings is 4. The smallest absolute Gasteiger partial charge is 0.0561 e. The van der Waals surface area contributed by atoms with Crippen LogP contribution < -0.4 is 5.32 Å². The highest BCUT2D eigenvalue weighted by molar-refractivity contribution is 6.10. The zero-order valence-electron chi connectivity index (χ0n) is 17.8. The summed E-state index contributed by atoms with van der Waals surface area (Å²) in [5.41, 5.74) is 7.16. The zero-order chi connectivity index (χ0) is 21.3. The first-order valence-corrected chi connectivity index (χ1v) is 11.2. The van der Waals surface area contributed by atoms with Crippen molar-refractivity contribution < 1.29 is 0 Å². The Morgan fingerprint density at radius 1 is 0.656 bits per heavy atom. The number of fused-ring (bicyclic) bond motifs is 3. The molecule has 1 heterocycles. The third-order valence-corrected chi connectivity index (χ3v) is 6.30. The molecule has 2 nitrogen and oxygen atoms in total. The Kier molecular flexibility index (Phi) is 4.62. The van der Waals surface area contributed by atoms with Crippen molar-refractivity contribution in [3.05, 3.63) is 127 Å². The highest BCUT2D eigenvalue weighted by Crippen LogP contribution is 2.34. The van der Waals surface area contributed by atoms with Gasteiger partial charge in [-0.1, -0.05) is 78.9 Å². The van der Waals surface area contributed by atoms with Gasteiger partial charge in [0, 0.05) is 33.8 Å². The van der Waals surface area contributed by atoms with E-state index in [0.717, 1.165) is 17.8 Å². The third kappa shape index (κ3) is 3.30. The number of hydrogen-bond donors (Lipinski definition) is 1. The standard InChI is InChI=1S/C30H24N2/c1-3-9-22(10-4-1)23-15-17-24(18-16-23)31-25-19-20-28-27-13-7-8-14-29(27)32(30(28)21-25)26-11-5-2-6-12-26/h1-9,11-22,31H,10H2. The normalized spacial score (nSPS) is 15.4. The summed E-state index contributed by atoms with van der Waals surface area (Å²) in [4.78, 5) is 0. The van der Waals surface area contributed by atoms with Crippen molar-refractivity contribution in [1.82, 2.24) is 4.57 Å². The summed E-state index contributed by atoms with van der Waals surface area (Å²) < 4.78 is 2.35. The van der Waals surface area contributed by atoms with Crippen molar-refractivity contribution >= 4 is 33.2 Å². The van der Waals surface area contributed by atoms with E-state index in [1.807, 2.05) is 0 Å². The van der Waals surface area contributed by atoms with Crippen LogP contribution in [0.3, 0.4) is 0 Å². The Morgan fingerprint density at radius 3 is 2.22 bits per heavy atom. The molecule has 4 aromatic carbocycles. The van der Waals surface area contributed by atoms with Gasteiger partial charge in [-0.3, -0.25) is 0 Å². The monoisotopic (exact) mass is 412 g/mol. The Balaban J connectivity index is 1.39. The second-order valence-corrected chi connectivity index (χ2v) is 8.32. The number of hydrogen-bond acceptors (Lipinski definition) is 1. The predicted octanol–water partition coefficient (Wildman–Crippen LogP) is 8.13. The van der Waals surface area contributed by atoms with Crippen LogP contribution >= 0.6 is 0 Å². The molecule has 1 atom stereocenters. The Labute approximate surface area is 188 Å². The first kappa shape index (κ1) is 18.7. The quantitative estimate of drug-likeness (QED) is 0.315. The van der Waals surface area contributed by atoms with Gasteiger partial charge in [0.25, 0.3) is 0 Å². The lowest BCUT2D eigenvalue weighted by Gasteiger charge is -2.14.